The molecule has 0 fully saturated rings. The van der Waals surface area contributed by atoms with E-state index in [1.807, 2.05) is 48.5 Å². The summed E-state index contributed by atoms with van der Waals surface area (Å²) < 4.78 is 21.7. The molecule has 0 spiro atoms. The van der Waals surface area contributed by atoms with Gasteiger partial charge in [-0.3, -0.25) is 0 Å². The van der Waals surface area contributed by atoms with Gasteiger partial charge in [-0.1, -0.05) is 54.0 Å². The summed E-state index contributed by atoms with van der Waals surface area (Å²) in [6, 6.07) is 23.6. The van der Waals surface area contributed by atoms with Crippen LogP contribution in [0.15, 0.2) is 72.8 Å². The number of benzene rings is 4. The molecule has 0 bridgehead atoms. The average molecular weight is 449 g/mol. The van der Waals surface area contributed by atoms with Crippen molar-refractivity contribution in [3.63, 3.8) is 0 Å². The molecule has 0 aromatic heterocycles. The maximum Gasteiger partial charge on any atom is 0.162 e. The van der Waals surface area contributed by atoms with Crippen LogP contribution in [0, 0.1) is 23.7 Å². The predicted octanol–water partition coefficient (Wildman–Crippen LogP) is 5.67. The van der Waals surface area contributed by atoms with Gasteiger partial charge < -0.3 is 18.9 Å². The molecule has 34 heavy (non-hydrogen) atoms. The van der Waals surface area contributed by atoms with Gasteiger partial charge in [-0.25, -0.2) is 0 Å². The monoisotopic (exact) mass is 448 g/mol. The summed E-state index contributed by atoms with van der Waals surface area (Å²) in [4.78, 5) is 0. The standard InChI is InChI=1S/C30H24O4/c1-31-27-16-12-22(18-28(27)32-2)11-15-26-20-30(34-4)29(33-3)19-25(26)14-10-21-9-13-23-7-5-6-8-24(23)17-21/h5-9,12-13,16-20H,1-4H3. The first-order chi connectivity index (χ1) is 16.6. The van der Waals surface area contributed by atoms with Crippen molar-refractivity contribution in [2.75, 3.05) is 28.4 Å². The Bertz CT molecular complexity index is 1460. The molecule has 4 heteroatoms. The van der Waals surface area contributed by atoms with E-state index in [4.69, 9.17) is 18.9 Å². The van der Waals surface area contributed by atoms with E-state index in [1.165, 1.54) is 5.39 Å². The van der Waals surface area contributed by atoms with Gasteiger partial charge in [-0.15, -0.1) is 0 Å². The molecule has 0 N–H and O–H groups in total. The highest BCUT2D eigenvalue weighted by Crippen LogP contribution is 2.31. The minimum Gasteiger partial charge on any atom is -0.493 e. The van der Waals surface area contributed by atoms with Crippen LogP contribution in [-0.2, 0) is 0 Å². The van der Waals surface area contributed by atoms with Gasteiger partial charge in [-0.05, 0) is 41.1 Å². The van der Waals surface area contributed by atoms with Crippen molar-refractivity contribution in [2.45, 2.75) is 0 Å². The predicted molar refractivity (Wildman–Crippen MR) is 135 cm³/mol. The lowest BCUT2D eigenvalue weighted by molar-refractivity contribution is 0.355. The molecule has 168 valence electrons. The second-order valence-corrected chi connectivity index (χ2v) is 7.38. The van der Waals surface area contributed by atoms with Crippen LogP contribution in [-0.4, -0.2) is 28.4 Å². The Morgan fingerprint density at radius 2 is 0.941 bits per heavy atom. The second-order valence-electron chi connectivity index (χ2n) is 7.38. The molecule has 4 rings (SSSR count). The first-order valence-corrected chi connectivity index (χ1v) is 10.7. The van der Waals surface area contributed by atoms with Gasteiger partial charge >= 0.3 is 0 Å². The van der Waals surface area contributed by atoms with Crippen molar-refractivity contribution in [1.29, 1.82) is 0 Å². The Hall–Kier alpha value is -4.54. The molecule has 4 aromatic carbocycles. The van der Waals surface area contributed by atoms with Crippen LogP contribution in [0.3, 0.4) is 0 Å². The highest BCUT2D eigenvalue weighted by atomic mass is 16.5. The fourth-order valence-corrected chi connectivity index (χ4v) is 3.55. The molecule has 0 aliphatic heterocycles. The zero-order chi connectivity index (χ0) is 23.9. The summed E-state index contributed by atoms with van der Waals surface area (Å²) in [5, 5.41) is 2.33. The van der Waals surface area contributed by atoms with Crippen LogP contribution < -0.4 is 18.9 Å². The maximum atomic E-state index is 5.49. The smallest absolute Gasteiger partial charge is 0.162 e. The van der Waals surface area contributed by atoms with E-state index in [1.54, 1.807) is 28.4 Å². The van der Waals surface area contributed by atoms with Crippen molar-refractivity contribution in [1.82, 2.24) is 0 Å². The minimum absolute atomic E-state index is 0.593. The fraction of sp³-hybridized carbons (Fsp3) is 0.133. The molecule has 0 unspecified atom stereocenters. The summed E-state index contributed by atoms with van der Waals surface area (Å²) in [5.41, 5.74) is 3.20. The summed E-state index contributed by atoms with van der Waals surface area (Å²) in [5.74, 6) is 15.4. The summed E-state index contributed by atoms with van der Waals surface area (Å²) in [6.07, 6.45) is 0. The fourth-order valence-electron chi connectivity index (χ4n) is 3.55. The number of hydrogen-bond donors (Lipinski definition) is 0. The molecule has 4 aromatic rings. The van der Waals surface area contributed by atoms with Gasteiger partial charge in [0.1, 0.15) is 0 Å². The summed E-state index contributed by atoms with van der Waals surface area (Å²) in [6.45, 7) is 0. The zero-order valence-corrected chi connectivity index (χ0v) is 19.6. The lowest BCUT2D eigenvalue weighted by Gasteiger charge is -2.09. The van der Waals surface area contributed by atoms with Crippen molar-refractivity contribution >= 4 is 10.8 Å². The van der Waals surface area contributed by atoms with E-state index in [9.17, 15) is 0 Å². The van der Waals surface area contributed by atoms with Crippen LogP contribution in [0.4, 0.5) is 0 Å². The Balaban J connectivity index is 1.76. The van der Waals surface area contributed by atoms with E-state index >= 15 is 0 Å². The highest BCUT2D eigenvalue weighted by molar-refractivity contribution is 5.83. The molecule has 0 saturated carbocycles. The number of rotatable bonds is 4. The third kappa shape index (κ3) is 4.93. The SMILES string of the molecule is COc1ccc(C#Cc2cc(OC)c(OC)cc2C#Cc2ccc3ccccc3c2)cc1OC. The van der Waals surface area contributed by atoms with E-state index in [-0.39, 0.29) is 0 Å². The zero-order valence-electron chi connectivity index (χ0n) is 19.6. The number of hydrogen-bond acceptors (Lipinski definition) is 4. The van der Waals surface area contributed by atoms with Crippen LogP contribution >= 0.6 is 0 Å². The summed E-state index contributed by atoms with van der Waals surface area (Å²) >= 11 is 0. The van der Waals surface area contributed by atoms with E-state index in [0.29, 0.717) is 23.0 Å². The molecule has 0 aliphatic carbocycles. The molecule has 0 aliphatic rings. The van der Waals surface area contributed by atoms with Gasteiger partial charge in [0.05, 0.1) is 28.4 Å². The topological polar surface area (TPSA) is 36.9 Å². The van der Waals surface area contributed by atoms with Crippen LogP contribution in [0.1, 0.15) is 22.3 Å². The Morgan fingerprint density at radius 1 is 0.441 bits per heavy atom. The van der Waals surface area contributed by atoms with E-state index in [2.05, 4.69) is 47.9 Å². The minimum atomic E-state index is 0.593. The molecule has 0 heterocycles. The lowest BCUT2D eigenvalue weighted by Crippen LogP contribution is -1.94. The Kier molecular flexibility index (Phi) is 6.92. The quantitative estimate of drug-likeness (QED) is 0.377. The normalized spacial score (nSPS) is 9.88. The highest BCUT2D eigenvalue weighted by Gasteiger charge is 2.09. The lowest BCUT2D eigenvalue weighted by atomic mass is 10.0. The van der Waals surface area contributed by atoms with Gasteiger partial charge in [0.15, 0.2) is 23.0 Å². The van der Waals surface area contributed by atoms with E-state index in [0.717, 1.165) is 27.6 Å². The molecule has 0 amide bonds. The first kappa shape index (κ1) is 22.6. The number of methoxy groups -OCH3 is 4. The van der Waals surface area contributed by atoms with Gasteiger partial charge in [-0.2, -0.15) is 0 Å². The third-order valence-electron chi connectivity index (χ3n) is 5.34. The summed E-state index contributed by atoms with van der Waals surface area (Å²) in [7, 11) is 6.41. The third-order valence-corrected chi connectivity index (χ3v) is 5.34. The van der Waals surface area contributed by atoms with Crippen LogP contribution in [0.2, 0.25) is 0 Å². The van der Waals surface area contributed by atoms with Crippen molar-refractivity contribution in [2.24, 2.45) is 0 Å². The maximum absolute atomic E-state index is 5.49. The van der Waals surface area contributed by atoms with Crippen LogP contribution in [0.25, 0.3) is 10.8 Å². The Morgan fingerprint density at radius 3 is 1.53 bits per heavy atom. The molecule has 0 radical (unpaired) electrons. The Labute approximate surface area is 200 Å². The largest absolute Gasteiger partial charge is 0.493 e. The second kappa shape index (κ2) is 10.4. The van der Waals surface area contributed by atoms with Crippen LogP contribution in [0.5, 0.6) is 23.0 Å². The molecular formula is C30H24O4. The molecule has 0 saturated heterocycles. The average Bonchev–Trinajstić information content (AvgIpc) is 2.90. The van der Waals surface area contributed by atoms with Gasteiger partial charge in [0.25, 0.3) is 0 Å². The van der Waals surface area contributed by atoms with Gasteiger partial charge in [0.2, 0.25) is 0 Å². The number of fused-ring (bicyclic) bond motifs is 1. The molecule has 4 nitrogen and oxygen atoms in total. The molecule has 0 atom stereocenters. The first-order valence-electron chi connectivity index (χ1n) is 10.7. The van der Waals surface area contributed by atoms with E-state index < -0.39 is 0 Å². The van der Waals surface area contributed by atoms with Gasteiger partial charge in [0, 0.05) is 34.4 Å². The van der Waals surface area contributed by atoms with Crippen molar-refractivity contribution in [3.8, 4) is 46.7 Å². The van der Waals surface area contributed by atoms with Crippen molar-refractivity contribution in [3.05, 3.63) is 95.1 Å². The number of ether oxygens (including phenoxy) is 4. The van der Waals surface area contributed by atoms with Crippen molar-refractivity contribution < 1.29 is 18.9 Å². The molecular weight excluding hydrogens is 424 g/mol.